The molecular weight excluding hydrogens is 445 g/mol. The van der Waals surface area contributed by atoms with E-state index >= 15 is 0 Å². The van der Waals surface area contributed by atoms with Crippen LogP contribution in [0.3, 0.4) is 0 Å². The van der Waals surface area contributed by atoms with E-state index in [0.717, 1.165) is 34.8 Å². The first kappa shape index (κ1) is 24.2. The number of nitrogens with zero attached hydrogens (tertiary/aromatic N) is 2. The summed E-state index contributed by atoms with van der Waals surface area (Å²) in [4.78, 5) is 12.6. The lowest BCUT2D eigenvalue weighted by atomic mass is 10.2. The number of rotatable bonds is 9. The summed E-state index contributed by atoms with van der Waals surface area (Å²) in [6.45, 7) is 5.26. The Balaban J connectivity index is 2.37. The second-order valence-corrected chi connectivity index (χ2v) is 9.67. The second kappa shape index (κ2) is 10.8. The van der Waals surface area contributed by atoms with Gasteiger partial charge in [0.25, 0.3) is 15.9 Å². The molecule has 0 radical (unpaired) electrons. The Kier molecular flexibility index (Phi) is 8.70. The molecule has 2 aromatic rings. The van der Waals surface area contributed by atoms with E-state index in [4.69, 9.17) is 23.2 Å². The van der Waals surface area contributed by atoms with Gasteiger partial charge < -0.3 is 0 Å². The highest BCUT2D eigenvalue weighted by molar-refractivity contribution is 7.92. The minimum atomic E-state index is -4.05. The number of benzene rings is 2. The molecule has 0 heterocycles. The standard InChI is InChI=1S/C21H25Cl2N3O3S/c1-4-5-6-16(3)24-25-21(27)14-26(19-12-17(22)11-18(23)13-19)30(28,29)20-9-7-15(2)8-10-20/h7-13H,4-6,14H2,1-3H3,(H,25,27). The Hall–Kier alpha value is -2.09. The van der Waals surface area contributed by atoms with Gasteiger partial charge in [0.15, 0.2) is 0 Å². The van der Waals surface area contributed by atoms with E-state index in [1.54, 1.807) is 12.1 Å². The number of carbonyl (C=O) groups excluding carboxylic acids is 1. The van der Waals surface area contributed by atoms with Crippen LogP contribution in [0, 0.1) is 6.92 Å². The molecule has 0 saturated carbocycles. The Morgan fingerprint density at radius 3 is 2.27 bits per heavy atom. The SMILES string of the molecule is CCCCC(C)=NNC(=O)CN(c1cc(Cl)cc(Cl)c1)S(=O)(=O)c1ccc(C)cc1. The van der Waals surface area contributed by atoms with Gasteiger partial charge in [0.2, 0.25) is 0 Å². The molecule has 6 nitrogen and oxygen atoms in total. The molecule has 2 aromatic carbocycles. The van der Waals surface area contributed by atoms with Crippen LogP contribution in [-0.4, -0.2) is 26.6 Å². The van der Waals surface area contributed by atoms with Gasteiger partial charge in [0.1, 0.15) is 6.54 Å². The first-order valence-corrected chi connectivity index (χ1v) is 11.7. The molecule has 0 atom stereocenters. The van der Waals surface area contributed by atoms with Crippen LogP contribution in [0.15, 0.2) is 52.5 Å². The van der Waals surface area contributed by atoms with Gasteiger partial charge in [0, 0.05) is 15.8 Å². The number of unbranched alkanes of at least 4 members (excludes halogenated alkanes) is 1. The summed E-state index contributed by atoms with van der Waals surface area (Å²) in [6.07, 6.45) is 2.73. The van der Waals surface area contributed by atoms with Crippen LogP contribution in [-0.2, 0) is 14.8 Å². The van der Waals surface area contributed by atoms with Crippen molar-refractivity contribution >= 4 is 50.5 Å². The third-order valence-electron chi connectivity index (χ3n) is 4.30. The van der Waals surface area contributed by atoms with Crippen LogP contribution in [0.4, 0.5) is 5.69 Å². The highest BCUT2D eigenvalue weighted by Crippen LogP contribution is 2.29. The summed E-state index contributed by atoms with van der Waals surface area (Å²) >= 11 is 12.1. The maximum absolute atomic E-state index is 13.3. The average Bonchev–Trinajstić information content (AvgIpc) is 2.68. The first-order valence-electron chi connectivity index (χ1n) is 9.51. The van der Waals surface area contributed by atoms with Crippen molar-refractivity contribution in [3.05, 3.63) is 58.1 Å². The van der Waals surface area contributed by atoms with Crippen LogP contribution >= 0.6 is 23.2 Å². The predicted octanol–water partition coefficient (Wildman–Crippen LogP) is 5.18. The van der Waals surface area contributed by atoms with Crippen molar-refractivity contribution in [3.8, 4) is 0 Å². The number of hydrazone groups is 1. The van der Waals surface area contributed by atoms with Crippen LogP contribution in [0.25, 0.3) is 0 Å². The molecule has 0 fully saturated rings. The molecule has 1 amide bonds. The maximum Gasteiger partial charge on any atom is 0.264 e. The van der Waals surface area contributed by atoms with Crippen molar-refractivity contribution in [3.63, 3.8) is 0 Å². The first-order chi connectivity index (χ1) is 14.1. The summed E-state index contributed by atoms with van der Waals surface area (Å²) in [6, 6.07) is 10.8. The molecule has 0 saturated heterocycles. The summed E-state index contributed by atoms with van der Waals surface area (Å²) < 4.78 is 27.6. The van der Waals surface area contributed by atoms with E-state index in [-0.39, 0.29) is 20.6 Å². The largest absolute Gasteiger partial charge is 0.271 e. The van der Waals surface area contributed by atoms with Crippen LogP contribution < -0.4 is 9.73 Å². The fraction of sp³-hybridized carbons (Fsp3) is 0.333. The molecule has 0 unspecified atom stereocenters. The van der Waals surface area contributed by atoms with E-state index in [9.17, 15) is 13.2 Å². The molecule has 1 N–H and O–H groups in total. The fourth-order valence-corrected chi connectivity index (χ4v) is 4.57. The number of halogens is 2. The zero-order chi connectivity index (χ0) is 22.3. The van der Waals surface area contributed by atoms with Gasteiger partial charge in [-0.25, -0.2) is 13.8 Å². The second-order valence-electron chi connectivity index (χ2n) is 6.94. The predicted molar refractivity (Wildman–Crippen MR) is 123 cm³/mol. The lowest BCUT2D eigenvalue weighted by molar-refractivity contribution is -0.119. The Morgan fingerprint density at radius 1 is 1.10 bits per heavy atom. The van der Waals surface area contributed by atoms with E-state index in [2.05, 4.69) is 17.5 Å². The monoisotopic (exact) mass is 469 g/mol. The van der Waals surface area contributed by atoms with Crippen molar-refractivity contribution in [1.29, 1.82) is 0 Å². The van der Waals surface area contributed by atoms with Gasteiger partial charge in [-0.1, -0.05) is 54.2 Å². The van der Waals surface area contributed by atoms with Crippen molar-refractivity contribution in [2.45, 2.75) is 44.9 Å². The zero-order valence-electron chi connectivity index (χ0n) is 17.2. The molecular formula is C21H25Cl2N3O3S. The third-order valence-corrected chi connectivity index (χ3v) is 6.52. The molecule has 0 aliphatic rings. The Bertz CT molecular complexity index is 1000. The van der Waals surface area contributed by atoms with Gasteiger partial charge in [-0.05, 0) is 57.0 Å². The lowest BCUT2D eigenvalue weighted by Crippen LogP contribution is -2.39. The number of hydrogen-bond donors (Lipinski definition) is 1. The van der Waals surface area contributed by atoms with Crippen molar-refractivity contribution in [1.82, 2.24) is 5.43 Å². The Morgan fingerprint density at radius 2 is 1.70 bits per heavy atom. The molecule has 30 heavy (non-hydrogen) atoms. The summed E-state index contributed by atoms with van der Waals surface area (Å²) in [5.41, 5.74) is 4.31. The van der Waals surface area contributed by atoms with Gasteiger partial charge >= 0.3 is 0 Å². The van der Waals surface area contributed by atoms with Gasteiger partial charge in [-0.15, -0.1) is 0 Å². The topological polar surface area (TPSA) is 78.8 Å². The summed E-state index contributed by atoms with van der Waals surface area (Å²) in [5, 5.41) is 4.57. The summed E-state index contributed by atoms with van der Waals surface area (Å²) in [5.74, 6) is -0.572. The molecule has 0 spiro atoms. The van der Waals surface area contributed by atoms with Crippen LogP contribution in [0.2, 0.25) is 10.0 Å². The van der Waals surface area contributed by atoms with Gasteiger partial charge in [0.05, 0.1) is 10.6 Å². The van der Waals surface area contributed by atoms with E-state index in [1.165, 1.54) is 30.3 Å². The smallest absolute Gasteiger partial charge is 0.264 e. The van der Waals surface area contributed by atoms with Gasteiger partial charge in [-0.2, -0.15) is 5.10 Å². The minimum Gasteiger partial charge on any atom is -0.271 e. The lowest BCUT2D eigenvalue weighted by Gasteiger charge is -2.24. The van der Waals surface area contributed by atoms with E-state index in [1.807, 2.05) is 13.8 Å². The molecule has 9 heteroatoms. The highest BCUT2D eigenvalue weighted by atomic mass is 35.5. The van der Waals surface area contributed by atoms with Gasteiger partial charge in [-0.3, -0.25) is 9.10 Å². The highest BCUT2D eigenvalue weighted by Gasteiger charge is 2.27. The number of anilines is 1. The van der Waals surface area contributed by atoms with E-state index < -0.39 is 22.5 Å². The summed E-state index contributed by atoms with van der Waals surface area (Å²) in [7, 11) is -4.05. The van der Waals surface area contributed by atoms with Crippen molar-refractivity contribution in [2.75, 3.05) is 10.8 Å². The fourth-order valence-electron chi connectivity index (χ4n) is 2.65. The zero-order valence-corrected chi connectivity index (χ0v) is 19.5. The van der Waals surface area contributed by atoms with E-state index in [0.29, 0.717) is 0 Å². The number of amides is 1. The quantitative estimate of drug-likeness (QED) is 0.405. The van der Waals surface area contributed by atoms with Crippen LogP contribution in [0.5, 0.6) is 0 Å². The molecule has 0 bridgehead atoms. The molecule has 2 rings (SSSR count). The normalized spacial score (nSPS) is 12.0. The molecule has 0 aliphatic carbocycles. The van der Waals surface area contributed by atoms with Crippen molar-refractivity contribution < 1.29 is 13.2 Å². The number of aryl methyl sites for hydroxylation is 1. The third kappa shape index (κ3) is 6.72. The molecule has 162 valence electrons. The number of carbonyl (C=O) groups is 1. The Labute approximate surface area is 187 Å². The molecule has 0 aliphatic heterocycles. The minimum absolute atomic E-state index is 0.0552. The number of hydrogen-bond acceptors (Lipinski definition) is 4. The van der Waals surface area contributed by atoms with Crippen LogP contribution in [0.1, 0.15) is 38.7 Å². The average molecular weight is 470 g/mol. The van der Waals surface area contributed by atoms with Crippen molar-refractivity contribution in [2.24, 2.45) is 5.10 Å². The molecule has 0 aromatic heterocycles. The maximum atomic E-state index is 13.3. The number of sulfonamides is 1. The number of nitrogens with one attached hydrogen (secondary N) is 1.